The van der Waals surface area contributed by atoms with Gasteiger partial charge < -0.3 is 10.1 Å². The Kier molecular flexibility index (Phi) is 6.00. The Morgan fingerprint density at radius 2 is 1.96 bits per heavy atom. The third kappa shape index (κ3) is 5.14. The largest absolute Gasteiger partial charge is 0.486 e. The molecule has 1 amide bonds. The highest BCUT2D eigenvalue weighted by Gasteiger charge is 2.12. The summed E-state index contributed by atoms with van der Waals surface area (Å²) in [6, 6.07) is 12.1. The van der Waals surface area contributed by atoms with Gasteiger partial charge in [-0.1, -0.05) is 17.7 Å². The van der Waals surface area contributed by atoms with E-state index in [0.717, 1.165) is 16.3 Å². The van der Waals surface area contributed by atoms with Gasteiger partial charge in [-0.2, -0.15) is 0 Å². The van der Waals surface area contributed by atoms with Gasteiger partial charge in [0, 0.05) is 23.2 Å². The van der Waals surface area contributed by atoms with E-state index < -0.39 is 4.92 Å². The Morgan fingerprint density at radius 1 is 1.21 bits per heavy atom. The molecule has 1 N–H and O–H groups in total. The van der Waals surface area contributed by atoms with Crippen LogP contribution in [0.3, 0.4) is 0 Å². The number of benzene rings is 2. The molecule has 0 radical (unpaired) electrons. The monoisotopic (exact) mass is 397 g/mol. The fraction of sp³-hybridized carbons (Fsp3) is 0.200. The summed E-state index contributed by atoms with van der Waals surface area (Å²) in [6.45, 7) is 4.07. The summed E-state index contributed by atoms with van der Waals surface area (Å²) in [5, 5.41) is 16.2. The van der Waals surface area contributed by atoms with Gasteiger partial charge in [-0.15, -0.1) is 11.3 Å². The summed E-state index contributed by atoms with van der Waals surface area (Å²) in [5.74, 6) is 0.544. The molecule has 1 aromatic heterocycles. The second-order valence-electron chi connectivity index (χ2n) is 6.32. The van der Waals surface area contributed by atoms with E-state index in [0.29, 0.717) is 23.6 Å². The molecular weight excluding hydrogens is 378 g/mol. The predicted molar refractivity (Wildman–Crippen MR) is 108 cm³/mol. The van der Waals surface area contributed by atoms with Crippen LogP contribution in [0.1, 0.15) is 21.8 Å². The van der Waals surface area contributed by atoms with Crippen molar-refractivity contribution in [3.8, 4) is 5.75 Å². The molecule has 3 rings (SSSR count). The molecule has 0 saturated heterocycles. The van der Waals surface area contributed by atoms with Gasteiger partial charge in [-0.3, -0.25) is 14.9 Å². The summed E-state index contributed by atoms with van der Waals surface area (Å²) in [7, 11) is 0. The Bertz CT molecular complexity index is 999. The van der Waals surface area contributed by atoms with Crippen LogP contribution in [0.15, 0.2) is 47.8 Å². The molecular formula is C20H19N3O4S. The van der Waals surface area contributed by atoms with Crippen molar-refractivity contribution in [2.75, 3.05) is 5.32 Å². The van der Waals surface area contributed by atoms with E-state index in [2.05, 4.69) is 10.3 Å². The number of hydrogen-bond acceptors (Lipinski definition) is 6. The number of rotatable bonds is 7. The number of aryl methyl sites for hydroxylation is 2. The van der Waals surface area contributed by atoms with Gasteiger partial charge in [0.2, 0.25) is 5.91 Å². The summed E-state index contributed by atoms with van der Waals surface area (Å²) in [5.41, 5.74) is 3.00. The minimum atomic E-state index is -0.464. The molecule has 0 aliphatic heterocycles. The van der Waals surface area contributed by atoms with Crippen LogP contribution >= 0.6 is 11.3 Å². The number of nitro benzene ring substituents is 1. The number of amides is 1. The Labute approximate surface area is 166 Å². The Morgan fingerprint density at radius 3 is 2.64 bits per heavy atom. The highest BCUT2D eigenvalue weighted by Crippen LogP contribution is 2.22. The zero-order chi connectivity index (χ0) is 20.1. The number of aromatic nitrogens is 1. The first-order valence-corrected chi connectivity index (χ1v) is 9.46. The molecule has 144 valence electrons. The number of thiazole rings is 1. The van der Waals surface area contributed by atoms with Crippen LogP contribution in [0.5, 0.6) is 5.75 Å². The van der Waals surface area contributed by atoms with Crippen molar-refractivity contribution < 1.29 is 14.5 Å². The maximum Gasteiger partial charge on any atom is 0.269 e. The molecule has 0 atom stereocenters. The number of carbonyl (C=O) groups is 1. The lowest BCUT2D eigenvalue weighted by Crippen LogP contribution is -2.15. The van der Waals surface area contributed by atoms with E-state index >= 15 is 0 Å². The summed E-state index contributed by atoms with van der Waals surface area (Å²) >= 11 is 1.44. The molecule has 1 heterocycles. The molecule has 28 heavy (non-hydrogen) atoms. The molecule has 0 saturated carbocycles. The second-order valence-corrected chi connectivity index (χ2v) is 7.26. The van der Waals surface area contributed by atoms with Crippen LogP contribution in [0.25, 0.3) is 0 Å². The third-order valence-corrected chi connectivity index (χ3v) is 4.89. The predicted octanol–water partition coefficient (Wildman–Crippen LogP) is 4.43. The van der Waals surface area contributed by atoms with Crippen molar-refractivity contribution in [2.24, 2.45) is 0 Å². The number of nitrogens with zero attached hydrogens (tertiary/aromatic N) is 2. The van der Waals surface area contributed by atoms with Crippen LogP contribution in [0, 0.1) is 24.0 Å². The molecule has 0 unspecified atom stereocenters. The first-order chi connectivity index (χ1) is 13.4. The number of nitro groups is 1. The Hall–Kier alpha value is -3.26. The van der Waals surface area contributed by atoms with Crippen molar-refractivity contribution >= 4 is 28.6 Å². The van der Waals surface area contributed by atoms with E-state index in [1.807, 2.05) is 36.6 Å². The average molecular weight is 397 g/mol. The fourth-order valence-corrected chi connectivity index (χ4v) is 3.24. The van der Waals surface area contributed by atoms with E-state index in [-0.39, 0.29) is 18.0 Å². The molecule has 0 bridgehead atoms. The number of non-ortho nitro benzene ring substituents is 1. The maximum absolute atomic E-state index is 12.3. The highest BCUT2D eigenvalue weighted by atomic mass is 32.1. The number of carbonyl (C=O) groups excluding carboxylic acids is 1. The number of anilines is 1. The minimum Gasteiger partial charge on any atom is -0.486 e. The lowest BCUT2D eigenvalue weighted by molar-refractivity contribution is -0.384. The molecule has 8 heteroatoms. The first-order valence-electron chi connectivity index (χ1n) is 8.58. The quantitative estimate of drug-likeness (QED) is 0.470. The molecule has 7 nitrogen and oxygen atoms in total. The number of ether oxygens (including phenoxy) is 1. The van der Waals surface area contributed by atoms with Gasteiger partial charge in [0.05, 0.1) is 17.0 Å². The van der Waals surface area contributed by atoms with Crippen molar-refractivity contribution in [1.29, 1.82) is 0 Å². The molecule has 0 fully saturated rings. The van der Waals surface area contributed by atoms with Crippen LogP contribution in [0.4, 0.5) is 11.4 Å². The fourth-order valence-electron chi connectivity index (χ4n) is 2.54. The van der Waals surface area contributed by atoms with Crippen molar-refractivity contribution in [2.45, 2.75) is 26.9 Å². The van der Waals surface area contributed by atoms with Crippen molar-refractivity contribution in [1.82, 2.24) is 4.98 Å². The first kappa shape index (κ1) is 19.5. The number of nitrogens with one attached hydrogen (secondary N) is 1. The lowest BCUT2D eigenvalue weighted by atomic mass is 10.1. The van der Waals surface area contributed by atoms with Crippen LogP contribution < -0.4 is 10.1 Å². The molecule has 0 aliphatic carbocycles. The van der Waals surface area contributed by atoms with Gasteiger partial charge in [0.25, 0.3) is 5.69 Å². The standard InChI is InChI=1S/C20H19N3O4S/c1-13-3-6-17(7-4-13)27-11-20-21-15(12-28-20)10-19(24)22-18-8-5-16(23(25)26)9-14(18)2/h3-9,12H,10-11H2,1-2H3,(H,22,24). The van der Waals surface area contributed by atoms with E-state index in [1.54, 1.807) is 6.92 Å². The molecule has 0 spiro atoms. The van der Waals surface area contributed by atoms with Gasteiger partial charge in [-0.05, 0) is 37.6 Å². The van der Waals surface area contributed by atoms with Crippen molar-refractivity contribution in [3.05, 3.63) is 79.8 Å². The second kappa shape index (κ2) is 8.62. The van der Waals surface area contributed by atoms with E-state index in [4.69, 9.17) is 4.74 Å². The topological polar surface area (TPSA) is 94.4 Å². The summed E-state index contributed by atoms with van der Waals surface area (Å²) in [4.78, 5) is 27.0. The lowest BCUT2D eigenvalue weighted by Gasteiger charge is -2.07. The Balaban J connectivity index is 1.55. The highest BCUT2D eigenvalue weighted by molar-refractivity contribution is 7.09. The third-order valence-electron chi connectivity index (χ3n) is 4.02. The van der Waals surface area contributed by atoms with Crippen LogP contribution in [-0.2, 0) is 17.8 Å². The van der Waals surface area contributed by atoms with Gasteiger partial charge in [0.15, 0.2) is 0 Å². The molecule has 2 aromatic carbocycles. The van der Waals surface area contributed by atoms with Gasteiger partial charge in [-0.25, -0.2) is 4.98 Å². The van der Waals surface area contributed by atoms with E-state index in [1.165, 1.54) is 29.5 Å². The zero-order valence-corrected chi connectivity index (χ0v) is 16.3. The normalized spacial score (nSPS) is 10.5. The zero-order valence-electron chi connectivity index (χ0n) is 15.5. The summed E-state index contributed by atoms with van der Waals surface area (Å²) in [6.07, 6.45) is 0.122. The van der Waals surface area contributed by atoms with Crippen molar-refractivity contribution in [3.63, 3.8) is 0 Å². The van der Waals surface area contributed by atoms with Gasteiger partial charge in [0.1, 0.15) is 17.4 Å². The SMILES string of the molecule is Cc1ccc(OCc2nc(CC(=O)Nc3ccc([N+](=O)[O-])cc3C)cs2)cc1. The van der Waals surface area contributed by atoms with Crippen LogP contribution in [0.2, 0.25) is 0 Å². The van der Waals surface area contributed by atoms with Gasteiger partial charge >= 0.3 is 0 Å². The van der Waals surface area contributed by atoms with Crippen LogP contribution in [-0.4, -0.2) is 15.8 Å². The molecule has 3 aromatic rings. The summed E-state index contributed by atoms with van der Waals surface area (Å²) < 4.78 is 5.70. The smallest absolute Gasteiger partial charge is 0.269 e. The average Bonchev–Trinajstić information content (AvgIpc) is 3.10. The van der Waals surface area contributed by atoms with E-state index in [9.17, 15) is 14.9 Å². The number of hydrogen-bond donors (Lipinski definition) is 1. The minimum absolute atomic E-state index is 0.00628. The molecule has 0 aliphatic rings. The maximum atomic E-state index is 12.3.